The molecule has 0 unspecified atom stereocenters. The Balaban J connectivity index is 1.36. The van der Waals surface area contributed by atoms with Gasteiger partial charge in [-0.2, -0.15) is 0 Å². The van der Waals surface area contributed by atoms with Crippen molar-refractivity contribution in [2.24, 2.45) is 0 Å². The molecular formula is C22H34N4. The van der Waals surface area contributed by atoms with E-state index in [1.807, 2.05) is 0 Å². The first kappa shape index (κ1) is 20.3. The maximum absolute atomic E-state index is 3.49. The minimum Gasteiger partial charge on any atom is -0.385 e. The maximum atomic E-state index is 3.49. The Labute approximate surface area is 158 Å². The molecule has 2 rings (SSSR count). The summed E-state index contributed by atoms with van der Waals surface area (Å²) in [6.07, 6.45) is 2.27. The van der Waals surface area contributed by atoms with Crippen LogP contribution in [0.25, 0.3) is 0 Å². The topological polar surface area (TPSA) is 48.1 Å². The molecule has 0 aliphatic heterocycles. The number of benzene rings is 2. The summed E-state index contributed by atoms with van der Waals surface area (Å²) in [7, 11) is 0. The van der Waals surface area contributed by atoms with Gasteiger partial charge in [0.2, 0.25) is 0 Å². The Morgan fingerprint density at radius 1 is 0.577 bits per heavy atom. The summed E-state index contributed by atoms with van der Waals surface area (Å²) in [6.45, 7) is 10.4. The smallest absolute Gasteiger partial charge is 0.0342 e. The largest absolute Gasteiger partial charge is 0.385 e. The SMILES string of the molecule is Cc1cccc(NCCCNCCNCCCNc2cccc(C)c2)c1. The van der Waals surface area contributed by atoms with E-state index in [1.165, 1.54) is 22.5 Å². The second kappa shape index (κ2) is 12.3. The van der Waals surface area contributed by atoms with Crippen molar-refractivity contribution >= 4 is 11.4 Å². The van der Waals surface area contributed by atoms with Gasteiger partial charge in [-0.25, -0.2) is 0 Å². The number of aryl methyl sites for hydroxylation is 2. The Morgan fingerprint density at radius 2 is 1.04 bits per heavy atom. The van der Waals surface area contributed by atoms with Gasteiger partial charge in [0, 0.05) is 37.6 Å². The Kier molecular flexibility index (Phi) is 9.62. The maximum Gasteiger partial charge on any atom is 0.0342 e. The van der Waals surface area contributed by atoms with Crippen LogP contribution >= 0.6 is 0 Å². The Hall–Kier alpha value is -2.04. The molecule has 4 N–H and O–H groups in total. The number of anilines is 2. The average molecular weight is 355 g/mol. The first-order valence-corrected chi connectivity index (χ1v) is 9.76. The van der Waals surface area contributed by atoms with E-state index in [9.17, 15) is 0 Å². The third-order valence-corrected chi connectivity index (χ3v) is 4.23. The third kappa shape index (κ3) is 8.88. The monoisotopic (exact) mass is 354 g/mol. The Bertz CT molecular complexity index is 572. The summed E-state index contributed by atoms with van der Waals surface area (Å²) in [5.74, 6) is 0. The fraction of sp³-hybridized carbons (Fsp3) is 0.455. The van der Waals surface area contributed by atoms with Crippen LogP contribution in [0, 0.1) is 13.8 Å². The van der Waals surface area contributed by atoms with E-state index in [-0.39, 0.29) is 0 Å². The lowest BCUT2D eigenvalue weighted by Gasteiger charge is -2.09. The van der Waals surface area contributed by atoms with Crippen LogP contribution in [-0.4, -0.2) is 39.3 Å². The van der Waals surface area contributed by atoms with Crippen LogP contribution in [0.2, 0.25) is 0 Å². The van der Waals surface area contributed by atoms with Crippen molar-refractivity contribution in [3.63, 3.8) is 0 Å². The van der Waals surface area contributed by atoms with Crippen molar-refractivity contribution in [3.8, 4) is 0 Å². The normalized spacial score (nSPS) is 10.7. The fourth-order valence-corrected chi connectivity index (χ4v) is 2.83. The van der Waals surface area contributed by atoms with Gasteiger partial charge in [0.25, 0.3) is 0 Å². The van der Waals surface area contributed by atoms with Crippen molar-refractivity contribution < 1.29 is 0 Å². The molecule has 0 fully saturated rings. The van der Waals surface area contributed by atoms with Crippen molar-refractivity contribution in [1.82, 2.24) is 10.6 Å². The second-order valence-corrected chi connectivity index (χ2v) is 6.80. The number of hydrogen-bond donors (Lipinski definition) is 4. The Morgan fingerprint density at radius 3 is 1.46 bits per heavy atom. The van der Waals surface area contributed by atoms with Gasteiger partial charge < -0.3 is 21.3 Å². The summed E-state index contributed by atoms with van der Waals surface area (Å²) >= 11 is 0. The summed E-state index contributed by atoms with van der Waals surface area (Å²) in [5.41, 5.74) is 5.03. The quantitative estimate of drug-likeness (QED) is 0.413. The van der Waals surface area contributed by atoms with Crippen LogP contribution in [0.5, 0.6) is 0 Å². The van der Waals surface area contributed by atoms with Crippen LogP contribution in [0.3, 0.4) is 0 Å². The minimum absolute atomic E-state index is 1.01. The predicted molar refractivity (Wildman–Crippen MR) is 114 cm³/mol. The van der Waals surface area contributed by atoms with Gasteiger partial charge in [0.05, 0.1) is 0 Å². The molecule has 0 saturated heterocycles. The molecule has 142 valence electrons. The molecule has 0 spiro atoms. The zero-order valence-electron chi connectivity index (χ0n) is 16.3. The minimum atomic E-state index is 1.01. The van der Waals surface area contributed by atoms with Crippen molar-refractivity contribution in [1.29, 1.82) is 0 Å². The fourth-order valence-electron chi connectivity index (χ4n) is 2.83. The third-order valence-electron chi connectivity index (χ3n) is 4.23. The molecule has 0 atom stereocenters. The van der Waals surface area contributed by atoms with E-state index in [1.54, 1.807) is 0 Å². The molecule has 0 radical (unpaired) electrons. The van der Waals surface area contributed by atoms with Gasteiger partial charge in [-0.3, -0.25) is 0 Å². The highest BCUT2D eigenvalue weighted by Crippen LogP contribution is 2.09. The lowest BCUT2D eigenvalue weighted by molar-refractivity contribution is 0.595. The lowest BCUT2D eigenvalue weighted by atomic mass is 10.2. The van der Waals surface area contributed by atoms with Crippen LogP contribution in [0.4, 0.5) is 11.4 Å². The van der Waals surface area contributed by atoms with Gasteiger partial charge in [-0.05, 0) is 75.2 Å². The summed E-state index contributed by atoms with van der Waals surface area (Å²) in [5, 5.41) is 13.9. The van der Waals surface area contributed by atoms with E-state index < -0.39 is 0 Å². The molecule has 2 aromatic rings. The highest BCUT2D eigenvalue weighted by molar-refractivity contribution is 5.45. The second-order valence-electron chi connectivity index (χ2n) is 6.80. The number of hydrogen-bond acceptors (Lipinski definition) is 4. The highest BCUT2D eigenvalue weighted by Gasteiger charge is 1.94. The molecule has 0 aromatic heterocycles. The summed E-state index contributed by atoms with van der Waals surface area (Å²) < 4.78 is 0. The average Bonchev–Trinajstić information content (AvgIpc) is 2.63. The zero-order valence-corrected chi connectivity index (χ0v) is 16.3. The molecule has 4 nitrogen and oxygen atoms in total. The molecule has 0 aliphatic rings. The molecule has 2 aromatic carbocycles. The molecule has 26 heavy (non-hydrogen) atoms. The van der Waals surface area contributed by atoms with E-state index >= 15 is 0 Å². The summed E-state index contributed by atoms with van der Waals surface area (Å²) in [6, 6.07) is 17.1. The zero-order chi connectivity index (χ0) is 18.5. The standard InChI is InChI=1S/C22H34N4/c1-19-7-3-9-21(17-19)25-13-5-11-23-15-16-24-12-6-14-26-22-10-4-8-20(2)18-22/h3-4,7-10,17-18,23-26H,5-6,11-16H2,1-2H3. The first-order chi connectivity index (χ1) is 12.7. The van der Waals surface area contributed by atoms with Crippen LogP contribution in [0.15, 0.2) is 48.5 Å². The lowest BCUT2D eigenvalue weighted by Crippen LogP contribution is -2.29. The predicted octanol–water partition coefficient (Wildman–Crippen LogP) is 3.79. The molecule has 0 amide bonds. The number of nitrogens with one attached hydrogen (secondary N) is 4. The van der Waals surface area contributed by atoms with Gasteiger partial charge in [-0.1, -0.05) is 24.3 Å². The first-order valence-electron chi connectivity index (χ1n) is 9.76. The summed E-state index contributed by atoms with van der Waals surface area (Å²) in [4.78, 5) is 0. The van der Waals surface area contributed by atoms with Gasteiger partial charge in [0.1, 0.15) is 0 Å². The van der Waals surface area contributed by atoms with Gasteiger partial charge >= 0.3 is 0 Å². The molecule has 0 aliphatic carbocycles. The molecular weight excluding hydrogens is 320 g/mol. The number of rotatable bonds is 13. The molecule has 0 heterocycles. The van der Waals surface area contributed by atoms with E-state index in [4.69, 9.17) is 0 Å². The highest BCUT2D eigenvalue weighted by atomic mass is 14.9. The van der Waals surface area contributed by atoms with Crippen molar-refractivity contribution in [3.05, 3.63) is 59.7 Å². The van der Waals surface area contributed by atoms with Crippen LogP contribution in [-0.2, 0) is 0 Å². The van der Waals surface area contributed by atoms with Crippen LogP contribution < -0.4 is 21.3 Å². The van der Waals surface area contributed by atoms with Crippen LogP contribution in [0.1, 0.15) is 24.0 Å². The van der Waals surface area contributed by atoms with Crippen molar-refractivity contribution in [2.45, 2.75) is 26.7 Å². The van der Waals surface area contributed by atoms with Gasteiger partial charge in [0.15, 0.2) is 0 Å². The molecule has 4 heteroatoms. The van der Waals surface area contributed by atoms with E-state index in [2.05, 4.69) is 83.6 Å². The molecule has 0 bridgehead atoms. The van der Waals surface area contributed by atoms with Gasteiger partial charge in [-0.15, -0.1) is 0 Å². The van der Waals surface area contributed by atoms with E-state index in [0.29, 0.717) is 0 Å². The van der Waals surface area contributed by atoms with E-state index in [0.717, 1.165) is 52.1 Å². The van der Waals surface area contributed by atoms with Crippen molar-refractivity contribution in [2.75, 3.05) is 49.9 Å². The molecule has 0 saturated carbocycles.